The molecule has 0 bridgehead atoms. The van der Waals surface area contributed by atoms with Crippen LogP contribution in [-0.2, 0) is 11.3 Å². The zero-order chi connectivity index (χ0) is 10.9. The van der Waals surface area contributed by atoms with Gasteiger partial charge in [0.1, 0.15) is 0 Å². The highest BCUT2D eigenvalue weighted by Crippen LogP contribution is 1.92. The second-order valence-corrected chi connectivity index (χ2v) is 3.36. The maximum atomic E-state index is 11.3. The van der Waals surface area contributed by atoms with Gasteiger partial charge in [-0.1, -0.05) is 0 Å². The second kappa shape index (κ2) is 7.00. The van der Waals surface area contributed by atoms with E-state index in [0.717, 1.165) is 19.4 Å². The lowest BCUT2D eigenvalue weighted by atomic mass is 10.2. The van der Waals surface area contributed by atoms with Crippen molar-refractivity contribution in [2.24, 2.45) is 5.73 Å². The molecule has 1 aromatic rings. The van der Waals surface area contributed by atoms with Crippen LogP contribution < -0.4 is 11.1 Å². The van der Waals surface area contributed by atoms with Crippen molar-refractivity contribution >= 4 is 5.91 Å². The van der Waals surface area contributed by atoms with E-state index in [-0.39, 0.29) is 5.91 Å². The molecule has 3 N–H and O–H groups in total. The molecule has 1 heterocycles. The van der Waals surface area contributed by atoms with E-state index < -0.39 is 0 Å². The number of nitrogens with one attached hydrogen (secondary N) is 1. The molecule has 5 heteroatoms. The van der Waals surface area contributed by atoms with Gasteiger partial charge >= 0.3 is 0 Å². The molecule has 0 aliphatic heterocycles. The van der Waals surface area contributed by atoms with Crippen LogP contribution in [0.1, 0.15) is 19.3 Å². The molecule has 0 atom stereocenters. The molecule has 5 nitrogen and oxygen atoms in total. The Bertz CT molecular complexity index is 271. The Hall–Kier alpha value is -1.36. The van der Waals surface area contributed by atoms with E-state index in [1.807, 2.05) is 12.3 Å². The van der Waals surface area contributed by atoms with Crippen molar-refractivity contribution in [3.63, 3.8) is 0 Å². The SMILES string of the molecule is NCCCCC(=O)NCCn1cccn1. The Labute approximate surface area is 89.6 Å². The maximum Gasteiger partial charge on any atom is 0.220 e. The summed E-state index contributed by atoms with van der Waals surface area (Å²) >= 11 is 0. The number of rotatable bonds is 7. The van der Waals surface area contributed by atoms with Crippen molar-refractivity contribution in [1.29, 1.82) is 0 Å². The molecule has 0 aliphatic rings. The molecule has 1 aromatic heterocycles. The number of carbonyl (C=O) groups excluding carboxylic acids is 1. The van der Waals surface area contributed by atoms with Crippen LogP contribution in [0.3, 0.4) is 0 Å². The highest BCUT2D eigenvalue weighted by Gasteiger charge is 1.99. The van der Waals surface area contributed by atoms with Gasteiger partial charge in [0.25, 0.3) is 0 Å². The van der Waals surface area contributed by atoms with E-state index in [2.05, 4.69) is 10.4 Å². The molecule has 0 radical (unpaired) electrons. The van der Waals surface area contributed by atoms with Gasteiger partial charge in [-0.3, -0.25) is 9.48 Å². The lowest BCUT2D eigenvalue weighted by Gasteiger charge is -2.04. The number of hydrogen-bond acceptors (Lipinski definition) is 3. The Kier molecular flexibility index (Phi) is 5.47. The molecule has 0 spiro atoms. The molecule has 0 saturated heterocycles. The number of unbranched alkanes of at least 4 members (excludes halogenated alkanes) is 1. The van der Waals surface area contributed by atoms with Gasteiger partial charge in [-0.05, 0) is 25.5 Å². The summed E-state index contributed by atoms with van der Waals surface area (Å²) < 4.78 is 1.79. The highest BCUT2D eigenvalue weighted by molar-refractivity contribution is 5.75. The third-order valence-electron chi connectivity index (χ3n) is 2.08. The summed E-state index contributed by atoms with van der Waals surface area (Å²) in [4.78, 5) is 11.3. The summed E-state index contributed by atoms with van der Waals surface area (Å²) in [6.45, 7) is 2.00. The summed E-state index contributed by atoms with van der Waals surface area (Å²) in [6.07, 6.45) is 5.94. The first-order valence-electron chi connectivity index (χ1n) is 5.27. The summed E-state index contributed by atoms with van der Waals surface area (Å²) in [7, 11) is 0. The molecule has 0 unspecified atom stereocenters. The Morgan fingerprint density at radius 3 is 3.00 bits per heavy atom. The number of amides is 1. The maximum absolute atomic E-state index is 11.3. The van der Waals surface area contributed by atoms with Crippen LogP contribution >= 0.6 is 0 Å². The van der Waals surface area contributed by atoms with E-state index in [0.29, 0.717) is 19.5 Å². The minimum absolute atomic E-state index is 0.0932. The van der Waals surface area contributed by atoms with Crippen LogP contribution in [0, 0.1) is 0 Å². The topological polar surface area (TPSA) is 72.9 Å². The largest absolute Gasteiger partial charge is 0.354 e. The fraction of sp³-hybridized carbons (Fsp3) is 0.600. The van der Waals surface area contributed by atoms with Gasteiger partial charge in [-0.25, -0.2) is 0 Å². The van der Waals surface area contributed by atoms with Gasteiger partial charge in [0.2, 0.25) is 5.91 Å². The van der Waals surface area contributed by atoms with Crippen molar-refractivity contribution in [2.45, 2.75) is 25.8 Å². The molecule has 0 fully saturated rings. The van der Waals surface area contributed by atoms with Gasteiger partial charge in [0.05, 0.1) is 6.54 Å². The number of carbonyl (C=O) groups is 1. The Balaban J connectivity index is 2.02. The van der Waals surface area contributed by atoms with Crippen molar-refractivity contribution in [1.82, 2.24) is 15.1 Å². The van der Waals surface area contributed by atoms with E-state index in [9.17, 15) is 4.79 Å². The van der Waals surface area contributed by atoms with Gasteiger partial charge < -0.3 is 11.1 Å². The lowest BCUT2D eigenvalue weighted by Crippen LogP contribution is -2.27. The van der Waals surface area contributed by atoms with Crippen molar-refractivity contribution < 1.29 is 4.79 Å². The van der Waals surface area contributed by atoms with Crippen LogP contribution in [-0.4, -0.2) is 28.8 Å². The fourth-order valence-corrected chi connectivity index (χ4v) is 1.26. The minimum atomic E-state index is 0.0932. The second-order valence-electron chi connectivity index (χ2n) is 3.36. The lowest BCUT2D eigenvalue weighted by molar-refractivity contribution is -0.121. The fourth-order valence-electron chi connectivity index (χ4n) is 1.26. The number of nitrogens with two attached hydrogens (primary N) is 1. The molecule has 84 valence electrons. The molecular weight excluding hydrogens is 192 g/mol. The predicted molar refractivity (Wildman–Crippen MR) is 58.1 cm³/mol. The standard InChI is InChI=1S/C10H18N4O/c11-5-2-1-4-10(15)12-7-9-14-8-3-6-13-14/h3,6,8H,1-2,4-5,7,9,11H2,(H,12,15). The number of hydrogen-bond donors (Lipinski definition) is 2. The van der Waals surface area contributed by atoms with Crippen LogP contribution in [0.15, 0.2) is 18.5 Å². The molecule has 1 amide bonds. The molecule has 0 aromatic carbocycles. The number of nitrogens with zero attached hydrogens (tertiary/aromatic N) is 2. The first kappa shape index (κ1) is 11.7. The van der Waals surface area contributed by atoms with Crippen LogP contribution in [0.5, 0.6) is 0 Å². The normalized spacial score (nSPS) is 10.2. The zero-order valence-electron chi connectivity index (χ0n) is 8.85. The molecular formula is C10H18N4O. The quantitative estimate of drug-likeness (QED) is 0.628. The van der Waals surface area contributed by atoms with Crippen molar-refractivity contribution in [2.75, 3.05) is 13.1 Å². The Morgan fingerprint density at radius 1 is 1.47 bits per heavy atom. The average molecular weight is 210 g/mol. The van der Waals surface area contributed by atoms with E-state index in [1.54, 1.807) is 10.9 Å². The molecule has 1 rings (SSSR count). The van der Waals surface area contributed by atoms with Gasteiger partial charge in [-0.2, -0.15) is 5.10 Å². The third-order valence-corrected chi connectivity index (χ3v) is 2.08. The van der Waals surface area contributed by atoms with Crippen molar-refractivity contribution in [3.8, 4) is 0 Å². The van der Waals surface area contributed by atoms with Gasteiger partial charge in [0.15, 0.2) is 0 Å². The van der Waals surface area contributed by atoms with Crippen LogP contribution in [0.25, 0.3) is 0 Å². The average Bonchev–Trinajstić information content (AvgIpc) is 2.71. The third kappa shape index (κ3) is 5.17. The predicted octanol–water partition coefficient (Wildman–Crippen LogP) is 0.128. The molecule has 0 aliphatic carbocycles. The summed E-state index contributed by atoms with van der Waals surface area (Å²) in [5.74, 6) is 0.0932. The summed E-state index contributed by atoms with van der Waals surface area (Å²) in [5, 5.41) is 6.88. The Morgan fingerprint density at radius 2 is 2.33 bits per heavy atom. The molecule has 0 saturated carbocycles. The van der Waals surface area contributed by atoms with E-state index in [4.69, 9.17) is 5.73 Å². The monoisotopic (exact) mass is 210 g/mol. The van der Waals surface area contributed by atoms with Crippen molar-refractivity contribution in [3.05, 3.63) is 18.5 Å². The molecule has 15 heavy (non-hydrogen) atoms. The summed E-state index contributed by atoms with van der Waals surface area (Å²) in [5.41, 5.74) is 5.34. The minimum Gasteiger partial charge on any atom is -0.354 e. The highest BCUT2D eigenvalue weighted by atomic mass is 16.1. The number of aromatic nitrogens is 2. The van der Waals surface area contributed by atoms with Gasteiger partial charge in [0, 0.05) is 25.4 Å². The first-order chi connectivity index (χ1) is 7.33. The van der Waals surface area contributed by atoms with E-state index >= 15 is 0 Å². The van der Waals surface area contributed by atoms with Crippen LogP contribution in [0.4, 0.5) is 0 Å². The van der Waals surface area contributed by atoms with E-state index in [1.165, 1.54) is 0 Å². The summed E-state index contributed by atoms with van der Waals surface area (Å²) in [6, 6.07) is 1.86. The zero-order valence-corrected chi connectivity index (χ0v) is 8.85. The first-order valence-corrected chi connectivity index (χ1v) is 5.27. The van der Waals surface area contributed by atoms with Gasteiger partial charge in [-0.15, -0.1) is 0 Å². The smallest absolute Gasteiger partial charge is 0.220 e. The van der Waals surface area contributed by atoms with Crippen LogP contribution in [0.2, 0.25) is 0 Å².